The van der Waals surface area contributed by atoms with Gasteiger partial charge in [0.15, 0.2) is 0 Å². The maximum absolute atomic E-state index is 12.4. The van der Waals surface area contributed by atoms with Crippen molar-refractivity contribution >= 4 is 5.91 Å². The number of para-hydroxylation sites is 1. The molecule has 6 heteroatoms. The van der Waals surface area contributed by atoms with E-state index in [0.29, 0.717) is 30.5 Å². The predicted molar refractivity (Wildman–Crippen MR) is 117 cm³/mol. The monoisotopic (exact) mass is 422 g/mol. The molecule has 1 atom stereocenters. The molecule has 31 heavy (non-hydrogen) atoms. The second kappa shape index (κ2) is 8.61. The lowest BCUT2D eigenvalue weighted by molar-refractivity contribution is -0.0835. The fraction of sp³-hybridized carbons (Fsp3) is 0.480. The van der Waals surface area contributed by atoms with Crippen molar-refractivity contribution in [2.24, 2.45) is 0 Å². The van der Waals surface area contributed by atoms with E-state index < -0.39 is 6.10 Å². The van der Waals surface area contributed by atoms with E-state index in [0.717, 1.165) is 38.8 Å². The van der Waals surface area contributed by atoms with Crippen LogP contribution in [0.2, 0.25) is 0 Å². The normalized spacial score (nSPS) is 20.9. The van der Waals surface area contributed by atoms with Gasteiger partial charge in [-0.1, -0.05) is 36.4 Å². The zero-order valence-corrected chi connectivity index (χ0v) is 17.8. The van der Waals surface area contributed by atoms with Crippen LogP contribution < -0.4 is 10.1 Å². The van der Waals surface area contributed by atoms with Crippen molar-refractivity contribution in [1.82, 2.24) is 10.2 Å². The third-order valence-corrected chi connectivity index (χ3v) is 6.62. The number of benzene rings is 2. The molecule has 0 bridgehead atoms. The summed E-state index contributed by atoms with van der Waals surface area (Å²) in [6.45, 7) is 3.17. The standard InChI is InChI=1S/C25H30N2O4/c28-20(17-30-23-8-4-2-6-21(23)24(29)26-19-9-10-19)15-27-13-11-25(12-14-27)22-7-3-1-5-18(22)16-31-25/h1-8,19-20,28H,9-17H2,(H,26,29)/t20-/m1/s1. The molecule has 2 N–H and O–H groups in total. The molecule has 1 saturated carbocycles. The molecule has 1 aliphatic carbocycles. The molecule has 1 saturated heterocycles. The van der Waals surface area contributed by atoms with E-state index in [1.54, 1.807) is 12.1 Å². The molecule has 6 nitrogen and oxygen atoms in total. The number of aliphatic hydroxyl groups is 1. The summed E-state index contributed by atoms with van der Waals surface area (Å²) in [6, 6.07) is 16.0. The number of hydrogen-bond donors (Lipinski definition) is 2. The molecular weight excluding hydrogens is 392 g/mol. The van der Waals surface area contributed by atoms with Crippen molar-refractivity contribution in [2.75, 3.05) is 26.2 Å². The Morgan fingerprint density at radius 2 is 1.90 bits per heavy atom. The van der Waals surface area contributed by atoms with Gasteiger partial charge >= 0.3 is 0 Å². The quantitative estimate of drug-likeness (QED) is 0.718. The highest BCUT2D eigenvalue weighted by Gasteiger charge is 2.42. The van der Waals surface area contributed by atoms with Gasteiger partial charge in [0.2, 0.25) is 0 Å². The van der Waals surface area contributed by atoms with Crippen LogP contribution in [0.15, 0.2) is 48.5 Å². The number of β-amino-alcohol motifs (C(OH)–C–C–N with tert-alkyl or cyclic N) is 1. The van der Waals surface area contributed by atoms with Crippen LogP contribution in [0, 0.1) is 0 Å². The van der Waals surface area contributed by atoms with Gasteiger partial charge in [-0.25, -0.2) is 0 Å². The zero-order chi connectivity index (χ0) is 21.3. The van der Waals surface area contributed by atoms with E-state index in [-0.39, 0.29) is 18.1 Å². The number of rotatable bonds is 7. The Bertz CT molecular complexity index is 935. The van der Waals surface area contributed by atoms with E-state index >= 15 is 0 Å². The number of ether oxygens (including phenoxy) is 2. The van der Waals surface area contributed by atoms with Crippen molar-refractivity contribution < 1.29 is 19.4 Å². The number of aliphatic hydroxyl groups excluding tert-OH is 1. The minimum atomic E-state index is -0.620. The summed E-state index contributed by atoms with van der Waals surface area (Å²) < 4.78 is 12.1. The Morgan fingerprint density at radius 1 is 1.16 bits per heavy atom. The van der Waals surface area contributed by atoms with E-state index in [9.17, 15) is 9.90 Å². The van der Waals surface area contributed by atoms with Gasteiger partial charge in [-0.3, -0.25) is 4.79 Å². The third kappa shape index (κ3) is 4.47. The Hall–Kier alpha value is -2.41. The molecule has 5 rings (SSSR count). The maximum atomic E-state index is 12.4. The first-order valence-electron chi connectivity index (χ1n) is 11.3. The smallest absolute Gasteiger partial charge is 0.255 e. The number of nitrogens with one attached hydrogen (secondary N) is 1. The number of nitrogens with zero attached hydrogens (tertiary/aromatic N) is 1. The molecular formula is C25H30N2O4. The van der Waals surface area contributed by atoms with E-state index in [4.69, 9.17) is 9.47 Å². The molecule has 1 spiro atoms. The third-order valence-electron chi connectivity index (χ3n) is 6.62. The van der Waals surface area contributed by atoms with Gasteiger partial charge < -0.3 is 24.8 Å². The van der Waals surface area contributed by atoms with Gasteiger partial charge in [0.1, 0.15) is 18.5 Å². The molecule has 2 aromatic carbocycles. The van der Waals surface area contributed by atoms with Crippen LogP contribution >= 0.6 is 0 Å². The van der Waals surface area contributed by atoms with Gasteiger partial charge in [-0.2, -0.15) is 0 Å². The van der Waals surface area contributed by atoms with Crippen molar-refractivity contribution in [3.05, 3.63) is 65.2 Å². The number of piperidine rings is 1. The van der Waals surface area contributed by atoms with Gasteiger partial charge in [0, 0.05) is 25.7 Å². The first-order chi connectivity index (χ1) is 15.1. The fourth-order valence-corrected chi connectivity index (χ4v) is 4.70. The number of hydrogen-bond acceptors (Lipinski definition) is 5. The molecule has 2 aliphatic heterocycles. The highest BCUT2D eigenvalue weighted by Crippen LogP contribution is 2.43. The van der Waals surface area contributed by atoms with Crippen molar-refractivity contribution in [2.45, 2.75) is 50.0 Å². The lowest BCUT2D eigenvalue weighted by atomic mass is 9.84. The summed E-state index contributed by atoms with van der Waals surface area (Å²) in [7, 11) is 0. The van der Waals surface area contributed by atoms with Crippen LogP contribution in [-0.4, -0.2) is 54.3 Å². The Kier molecular flexibility index (Phi) is 5.69. The molecule has 2 fully saturated rings. The SMILES string of the molecule is O=C(NC1CC1)c1ccccc1OC[C@H](O)CN1CCC2(CC1)OCc1ccccc12. The highest BCUT2D eigenvalue weighted by molar-refractivity contribution is 5.97. The number of carbonyl (C=O) groups excluding carboxylic acids is 1. The van der Waals surface area contributed by atoms with Gasteiger partial charge in [-0.05, 0) is 48.9 Å². The van der Waals surface area contributed by atoms with E-state index in [1.165, 1.54) is 11.1 Å². The Morgan fingerprint density at radius 3 is 2.71 bits per heavy atom. The molecule has 0 unspecified atom stereocenters. The van der Waals surface area contributed by atoms with Gasteiger partial charge in [0.05, 0.1) is 17.8 Å². The second-order valence-corrected chi connectivity index (χ2v) is 8.95. The molecule has 164 valence electrons. The second-order valence-electron chi connectivity index (χ2n) is 8.95. The zero-order valence-electron chi connectivity index (χ0n) is 17.8. The molecule has 0 radical (unpaired) electrons. The lowest BCUT2D eigenvalue weighted by Crippen LogP contribution is -2.46. The number of likely N-dealkylation sites (tertiary alicyclic amines) is 1. The molecule has 2 heterocycles. The summed E-state index contributed by atoms with van der Waals surface area (Å²) in [5.74, 6) is 0.416. The molecule has 0 aromatic heterocycles. The Balaban J connectivity index is 1.12. The average Bonchev–Trinajstić information content (AvgIpc) is 3.55. The first-order valence-corrected chi connectivity index (χ1v) is 11.3. The van der Waals surface area contributed by atoms with E-state index in [1.807, 2.05) is 12.1 Å². The van der Waals surface area contributed by atoms with Gasteiger partial charge in [-0.15, -0.1) is 0 Å². The van der Waals surface area contributed by atoms with Crippen LogP contribution in [0.5, 0.6) is 5.75 Å². The topological polar surface area (TPSA) is 71.0 Å². The van der Waals surface area contributed by atoms with Crippen molar-refractivity contribution in [3.63, 3.8) is 0 Å². The maximum Gasteiger partial charge on any atom is 0.255 e. The largest absolute Gasteiger partial charge is 0.490 e. The minimum absolute atomic E-state index is 0.106. The average molecular weight is 423 g/mol. The number of fused-ring (bicyclic) bond motifs is 2. The van der Waals surface area contributed by atoms with Crippen molar-refractivity contribution in [3.8, 4) is 5.75 Å². The lowest BCUT2D eigenvalue weighted by Gasteiger charge is -2.39. The summed E-state index contributed by atoms with van der Waals surface area (Å²) in [5.41, 5.74) is 2.99. The van der Waals surface area contributed by atoms with Crippen molar-refractivity contribution in [1.29, 1.82) is 0 Å². The summed E-state index contributed by atoms with van der Waals surface area (Å²) in [5, 5.41) is 13.6. The van der Waals surface area contributed by atoms with E-state index in [2.05, 4.69) is 34.5 Å². The van der Waals surface area contributed by atoms with Crippen LogP contribution in [0.25, 0.3) is 0 Å². The molecule has 3 aliphatic rings. The highest BCUT2D eigenvalue weighted by atomic mass is 16.5. The summed E-state index contributed by atoms with van der Waals surface area (Å²) in [6.07, 6.45) is 3.33. The summed E-state index contributed by atoms with van der Waals surface area (Å²) in [4.78, 5) is 14.7. The van der Waals surface area contributed by atoms with Crippen LogP contribution in [-0.2, 0) is 16.9 Å². The number of carbonyl (C=O) groups is 1. The van der Waals surface area contributed by atoms with Gasteiger partial charge in [0.25, 0.3) is 5.91 Å². The summed E-state index contributed by atoms with van der Waals surface area (Å²) >= 11 is 0. The predicted octanol–water partition coefficient (Wildman–Crippen LogP) is 2.84. The number of amides is 1. The minimum Gasteiger partial charge on any atom is -0.490 e. The van der Waals surface area contributed by atoms with Crippen LogP contribution in [0.4, 0.5) is 0 Å². The first kappa shape index (κ1) is 20.5. The molecule has 2 aromatic rings. The fourth-order valence-electron chi connectivity index (χ4n) is 4.70. The van der Waals surface area contributed by atoms with Crippen LogP contribution in [0.3, 0.4) is 0 Å². The Labute approximate surface area is 183 Å². The van der Waals surface area contributed by atoms with Crippen LogP contribution in [0.1, 0.15) is 47.2 Å². The molecule has 1 amide bonds.